The Morgan fingerprint density at radius 3 is 2.47 bits per heavy atom. The molecule has 0 saturated carbocycles. The van der Waals surface area contributed by atoms with Crippen molar-refractivity contribution in [2.24, 2.45) is 0 Å². The van der Waals surface area contributed by atoms with Gasteiger partial charge in [0.25, 0.3) is 0 Å². The molecule has 1 aromatic rings. The summed E-state index contributed by atoms with van der Waals surface area (Å²) < 4.78 is 42.2. The quantitative estimate of drug-likeness (QED) is 0.614. The molecule has 0 heterocycles. The van der Waals surface area contributed by atoms with Crippen LogP contribution in [-0.2, 0) is 6.18 Å². The molecule has 0 saturated heterocycles. The van der Waals surface area contributed by atoms with Crippen molar-refractivity contribution < 1.29 is 28.0 Å². The molecule has 0 atom stereocenters. The normalized spacial score (nSPS) is 11.1. The molecule has 2 N–H and O–H groups in total. The van der Waals surface area contributed by atoms with Crippen molar-refractivity contribution in [1.29, 1.82) is 0 Å². The second-order valence-electron chi connectivity index (χ2n) is 3.22. The smallest absolute Gasteiger partial charge is 0.490 e. The zero-order chi connectivity index (χ0) is 13.1. The zero-order valence-electron chi connectivity index (χ0n) is 8.74. The SMILES string of the molecule is C=CCOc1ccc(C(F)(F)F)cc1B(O)O. The lowest BCUT2D eigenvalue weighted by Gasteiger charge is -2.13. The van der Waals surface area contributed by atoms with Crippen LogP contribution in [-0.4, -0.2) is 23.8 Å². The van der Waals surface area contributed by atoms with E-state index in [1.807, 2.05) is 0 Å². The van der Waals surface area contributed by atoms with Gasteiger partial charge in [-0.05, 0) is 18.2 Å². The predicted octanol–water partition coefficient (Wildman–Crippen LogP) is 0.950. The molecule has 0 spiro atoms. The van der Waals surface area contributed by atoms with Gasteiger partial charge >= 0.3 is 13.3 Å². The van der Waals surface area contributed by atoms with Gasteiger partial charge in [-0.25, -0.2) is 0 Å². The van der Waals surface area contributed by atoms with E-state index in [2.05, 4.69) is 6.58 Å². The molecular weight excluding hydrogens is 236 g/mol. The van der Waals surface area contributed by atoms with Crippen molar-refractivity contribution in [3.63, 3.8) is 0 Å². The first-order valence-electron chi connectivity index (χ1n) is 4.67. The first kappa shape index (κ1) is 13.6. The van der Waals surface area contributed by atoms with Crippen LogP contribution in [0, 0.1) is 0 Å². The molecule has 92 valence electrons. The fraction of sp³-hybridized carbons (Fsp3) is 0.200. The topological polar surface area (TPSA) is 49.7 Å². The van der Waals surface area contributed by atoms with Gasteiger partial charge in [0.15, 0.2) is 0 Å². The van der Waals surface area contributed by atoms with E-state index in [1.54, 1.807) is 0 Å². The Bertz CT molecular complexity index is 404. The van der Waals surface area contributed by atoms with Crippen LogP contribution < -0.4 is 10.2 Å². The number of benzene rings is 1. The van der Waals surface area contributed by atoms with E-state index in [4.69, 9.17) is 14.8 Å². The number of alkyl halides is 3. The predicted molar refractivity (Wildman–Crippen MR) is 57.0 cm³/mol. The average Bonchev–Trinajstić information content (AvgIpc) is 2.24. The standard InChI is InChI=1S/C10H10BF3O3/c1-2-5-17-9-4-3-7(10(12,13)14)6-8(9)11(15)16/h2-4,6,15-16H,1,5H2. The lowest BCUT2D eigenvalue weighted by atomic mass is 9.78. The third-order valence-corrected chi connectivity index (χ3v) is 1.97. The van der Waals surface area contributed by atoms with Gasteiger partial charge in [0, 0.05) is 5.46 Å². The summed E-state index contributed by atoms with van der Waals surface area (Å²) in [5, 5.41) is 18.0. The van der Waals surface area contributed by atoms with Crippen molar-refractivity contribution >= 4 is 12.6 Å². The van der Waals surface area contributed by atoms with Gasteiger partial charge in [0.05, 0.1) is 5.56 Å². The monoisotopic (exact) mass is 246 g/mol. The molecule has 0 aliphatic heterocycles. The van der Waals surface area contributed by atoms with Gasteiger partial charge in [-0.1, -0.05) is 12.7 Å². The van der Waals surface area contributed by atoms with Crippen LogP contribution in [0.1, 0.15) is 5.56 Å². The Morgan fingerprint density at radius 1 is 1.35 bits per heavy atom. The van der Waals surface area contributed by atoms with Crippen LogP contribution in [0.3, 0.4) is 0 Å². The molecule has 1 rings (SSSR count). The number of hydrogen-bond acceptors (Lipinski definition) is 3. The highest BCUT2D eigenvalue weighted by molar-refractivity contribution is 6.59. The number of halogens is 3. The summed E-state index contributed by atoms with van der Waals surface area (Å²) >= 11 is 0. The van der Waals surface area contributed by atoms with Crippen LogP contribution >= 0.6 is 0 Å². The van der Waals surface area contributed by atoms with Gasteiger partial charge in [-0.15, -0.1) is 0 Å². The first-order valence-corrected chi connectivity index (χ1v) is 4.67. The third kappa shape index (κ3) is 3.50. The van der Waals surface area contributed by atoms with Gasteiger partial charge in [-0.3, -0.25) is 0 Å². The zero-order valence-corrected chi connectivity index (χ0v) is 8.74. The molecule has 0 amide bonds. The number of rotatable bonds is 4. The van der Waals surface area contributed by atoms with Gasteiger partial charge in [0.2, 0.25) is 0 Å². The van der Waals surface area contributed by atoms with E-state index in [0.717, 1.165) is 12.1 Å². The minimum Gasteiger partial charge on any atom is -0.490 e. The average molecular weight is 246 g/mol. The fourth-order valence-electron chi connectivity index (χ4n) is 1.21. The molecule has 0 aliphatic rings. The molecule has 7 heteroatoms. The van der Waals surface area contributed by atoms with E-state index in [0.29, 0.717) is 6.07 Å². The van der Waals surface area contributed by atoms with E-state index < -0.39 is 18.9 Å². The summed E-state index contributed by atoms with van der Waals surface area (Å²) in [4.78, 5) is 0. The molecule has 3 nitrogen and oxygen atoms in total. The molecule has 17 heavy (non-hydrogen) atoms. The molecule has 0 aromatic heterocycles. The summed E-state index contributed by atoms with van der Waals surface area (Å²) in [5.74, 6) is -0.0205. The maximum absolute atomic E-state index is 12.4. The Labute approximate surface area is 96.3 Å². The van der Waals surface area contributed by atoms with Gasteiger partial charge in [0.1, 0.15) is 12.4 Å². The third-order valence-electron chi connectivity index (χ3n) is 1.97. The summed E-state index contributed by atoms with van der Waals surface area (Å²) in [6.45, 7) is 3.44. The minimum absolute atomic E-state index is 0.0205. The second-order valence-corrected chi connectivity index (χ2v) is 3.22. The summed E-state index contributed by atoms with van der Waals surface area (Å²) in [6, 6.07) is 2.49. The maximum atomic E-state index is 12.4. The number of hydrogen-bond donors (Lipinski definition) is 2. The van der Waals surface area contributed by atoms with Crippen LogP contribution in [0.15, 0.2) is 30.9 Å². The highest BCUT2D eigenvalue weighted by Gasteiger charge is 2.32. The van der Waals surface area contributed by atoms with Crippen molar-refractivity contribution in [2.45, 2.75) is 6.18 Å². The highest BCUT2D eigenvalue weighted by Crippen LogP contribution is 2.29. The fourth-order valence-corrected chi connectivity index (χ4v) is 1.21. The van der Waals surface area contributed by atoms with Gasteiger partial charge in [-0.2, -0.15) is 13.2 Å². The van der Waals surface area contributed by atoms with E-state index in [-0.39, 0.29) is 17.8 Å². The molecule has 0 unspecified atom stereocenters. The van der Waals surface area contributed by atoms with Crippen molar-refractivity contribution in [3.8, 4) is 5.75 Å². The van der Waals surface area contributed by atoms with Crippen molar-refractivity contribution in [1.82, 2.24) is 0 Å². The van der Waals surface area contributed by atoms with Gasteiger partial charge < -0.3 is 14.8 Å². The van der Waals surface area contributed by atoms with E-state index >= 15 is 0 Å². The highest BCUT2D eigenvalue weighted by atomic mass is 19.4. The molecule has 0 bridgehead atoms. The summed E-state index contributed by atoms with van der Waals surface area (Å²) in [6.07, 6.45) is -3.15. The molecule has 0 fully saturated rings. The number of ether oxygens (including phenoxy) is 1. The minimum atomic E-state index is -4.54. The lowest BCUT2D eigenvalue weighted by Crippen LogP contribution is -2.32. The summed E-state index contributed by atoms with van der Waals surface area (Å²) in [5.41, 5.74) is -1.30. The summed E-state index contributed by atoms with van der Waals surface area (Å²) in [7, 11) is -2.03. The van der Waals surface area contributed by atoms with Crippen LogP contribution in [0.25, 0.3) is 0 Å². The van der Waals surface area contributed by atoms with Crippen molar-refractivity contribution in [2.75, 3.05) is 6.61 Å². The van der Waals surface area contributed by atoms with E-state index in [1.165, 1.54) is 6.08 Å². The van der Waals surface area contributed by atoms with Crippen LogP contribution in [0.2, 0.25) is 0 Å². The molecule has 0 radical (unpaired) electrons. The van der Waals surface area contributed by atoms with Crippen LogP contribution in [0.4, 0.5) is 13.2 Å². The first-order chi connectivity index (χ1) is 7.86. The largest absolute Gasteiger partial charge is 0.492 e. The Balaban J connectivity index is 3.12. The Kier molecular flexibility index (Phi) is 4.19. The maximum Gasteiger partial charge on any atom is 0.492 e. The van der Waals surface area contributed by atoms with Crippen molar-refractivity contribution in [3.05, 3.63) is 36.4 Å². The lowest BCUT2D eigenvalue weighted by molar-refractivity contribution is -0.137. The second kappa shape index (κ2) is 5.24. The molecule has 0 aliphatic carbocycles. The Hall–Kier alpha value is -1.47. The molecular formula is C10H10BF3O3. The van der Waals surface area contributed by atoms with Crippen LogP contribution in [0.5, 0.6) is 5.75 Å². The Morgan fingerprint density at radius 2 is 2.00 bits per heavy atom. The molecule has 1 aromatic carbocycles. The van der Waals surface area contributed by atoms with E-state index in [9.17, 15) is 13.2 Å².